The zero-order chi connectivity index (χ0) is 22.8. The molecule has 9 nitrogen and oxygen atoms in total. The van der Waals surface area contributed by atoms with Crippen molar-refractivity contribution in [3.05, 3.63) is 70.2 Å². The van der Waals surface area contributed by atoms with Crippen molar-refractivity contribution in [2.75, 3.05) is 6.61 Å². The molecule has 2 heterocycles. The second-order valence-corrected chi connectivity index (χ2v) is 7.40. The van der Waals surface area contributed by atoms with Crippen LogP contribution in [-0.2, 0) is 16.0 Å². The summed E-state index contributed by atoms with van der Waals surface area (Å²) in [5, 5.41) is 23.1. The zero-order valence-corrected chi connectivity index (χ0v) is 17.0. The molecule has 9 heteroatoms. The minimum absolute atomic E-state index is 0.0188. The van der Waals surface area contributed by atoms with Crippen LogP contribution >= 0.6 is 0 Å². The fourth-order valence-electron chi connectivity index (χ4n) is 3.54. The summed E-state index contributed by atoms with van der Waals surface area (Å²) in [5.41, 5.74) is 1.99. The van der Waals surface area contributed by atoms with E-state index in [4.69, 9.17) is 9.15 Å². The Bertz CT molecular complexity index is 1390. The molecule has 1 amide bonds. The minimum Gasteiger partial charge on any atom is -0.508 e. The number of aryl methyl sites for hydroxylation is 1. The van der Waals surface area contributed by atoms with Gasteiger partial charge in [-0.3, -0.25) is 4.79 Å². The van der Waals surface area contributed by atoms with Gasteiger partial charge in [0.25, 0.3) is 5.91 Å². The molecule has 4 N–H and O–H groups in total. The number of aromatic hydroxyl groups is 1. The summed E-state index contributed by atoms with van der Waals surface area (Å²) in [5.74, 6) is -1.45. The molecule has 0 fully saturated rings. The number of carbonyl (C=O) groups is 2. The van der Waals surface area contributed by atoms with Crippen LogP contribution in [0.5, 0.6) is 11.5 Å². The number of H-pyrrole nitrogens is 1. The summed E-state index contributed by atoms with van der Waals surface area (Å²) in [6.07, 6.45) is 1.67. The maximum atomic E-state index is 12.3. The van der Waals surface area contributed by atoms with Crippen molar-refractivity contribution in [1.82, 2.24) is 10.3 Å². The Balaban J connectivity index is 1.43. The highest BCUT2D eigenvalue weighted by atomic mass is 16.5. The highest BCUT2D eigenvalue weighted by Crippen LogP contribution is 2.24. The van der Waals surface area contributed by atoms with Crippen LogP contribution in [0, 0.1) is 6.92 Å². The molecule has 0 aliphatic carbocycles. The maximum absolute atomic E-state index is 12.3. The average molecular weight is 436 g/mol. The number of phenols is 1. The first-order valence-corrected chi connectivity index (χ1v) is 9.78. The van der Waals surface area contributed by atoms with E-state index in [0.717, 1.165) is 16.5 Å². The number of aliphatic carboxylic acids is 1. The molecule has 2 aromatic carbocycles. The molecule has 2 aromatic heterocycles. The van der Waals surface area contributed by atoms with Gasteiger partial charge in [0.05, 0.1) is 0 Å². The number of amides is 1. The fraction of sp³-hybridized carbons (Fsp3) is 0.174. The van der Waals surface area contributed by atoms with E-state index in [2.05, 4.69) is 10.3 Å². The van der Waals surface area contributed by atoms with Gasteiger partial charge in [-0.05, 0) is 48.4 Å². The molecule has 4 rings (SSSR count). The Morgan fingerprint density at radius 1 is 1.16 bits per heavy atom. The lowest BCUT2D eigenvalue weighted by molar-refractivity contribution is -0.142. The summed E-state index contributed by atoms with van der Waals surface area (Å²) in [7, 11) is 0. The molecule has 32 heavy (non-hydrogen) atoms. The second kappa shape index (κ2) is 8.46. The number of hydrogen-bond acceptors (Lipinski definition) is 6. The third kappa shape index (κ3) is 4.41. The van der Waals surface area contributed by atoms with Crippen LogP contribution < -0.4 is 15.7 Å². The lowest BCUT2D eigenvalue weighted by atomic mass is 10.0. The van der Waals surface area contributed by atoms with Gasteiger partial charge >= 0.3 is 11.6 Å². The standard InChI is InChI=1S/C23H20N2O7/c1-12-6-22(28)32-20-9-15(3-4-16(12)20)31-11-21(27)25-19(23(29)30)7-13-10-24-18-5-2-14(26)8-17(13)18/h2-6,8-10,19,24,26H,7,11H2,1H3,(H,25,27)(H,29,30)/t19-/m1/s1. The SMILES string of the molecule is Cc1cc(=O)oc2cc(OCC(=O)N[C@H](Cc3c[nH]c4ccc(O)cc34)C(=O)O)ccc12. The highest BCUT2D eigenvalue weighted by Gasteiger charge is 2.22. The molecule has 0 bridgehead atoms. The van der Waals surface area contributed by atoms with Gasteiger partial charge < -0.3 is 29.7 Å². The van der Waals surface area contributed by atoms with Gasteiger partial charge in [-0.1, -0.05) is 0 Å². The summed E-state index contributed by atoms with van der Waals surface area (Å²) in [6.45, 7) is 1.37. The molecule has 164 valence electrons. The zero-order valence-electron chi connectivity index (χ0n) is 17.0. The molecule has 0 saturated carbocycles. The Hall–Kier alpha value is -4.27. The first kappa shape index (κ1) is 21.0. The average Bonchev–Trinajstić information content (AvgIpc) is 3.13. The van der Waals surface area contributed by atoms with Gasteiger partial charge in [-0.15, -0.1) is 0 Å². The number of nitrogens with one attached hydrogen (secondary N) is 2. The Labute approximate surface area is 181 Å². The molecule has 0 radical (unpaired) electrons. The van der Waals surface area contributed by atoms with Crippen LogP contribution in [0.3, 0.4) is 0 Å². The van der Waals surface area contributed by atoms with Crippen molar-refractivity contribution in [3.63, 3.8) is 0 Å². The van der Waals surface area contributed by atoms with Gasteiger partial charge in [-0.25, -0.2) is 9.59 Å². The predicted molar refractivity (Wildman–Crippen MR) is 116 cm³/mol. The van der Waals surface area contributed by atoms with Gasteiger partial charge in [0.1, 0.15) is 23.1 Å². The van der Waals surface area contributed by atoms with E-state index in [9.17, 15) is 24.6 Å². The molecule has 0 spiro atoms. The molecule has 4 aromatic rings. The van der Waals surface area contributed by atoms with E-state index in [1.54, 1.807) is 31.3 Å². The number of hydrogen-bond donors (Lipinski definition) is 4. The normalized spacial score (nSPS) is 12.0. The maximum Gasteiger partial charge on any atom is 0.336 e. The van der Waals surface area contributed by atoms with Crippen molar-refractivity contribution in [2.24, 2.45) is 0 Å². The molecule has 0 saturated heterocycles. The van der Waals surface area contributed by atoms with Crippen molar-refractivity contribution in [2.45, 2.75) is 19.4 Å². The molecule has 0 unspecified atom stereocenters. The number of rotatable bonds is 7. The molecule has 1 atom stereocenters. The van der Waals surface area contributed by atoms with E-state index in [1.165, 1.54) is 24.3 Å². The van der Waals surface area contributed by atoms with E-state index in [1.807, 2.05) is 0 Å². The smallest absolute Gasteiger partial charge is 0.336 e. The van der Waals surface area contributed by atoms with Crippen LogP contribution in [-0.4, -0.2) is 39.7 Å². The fourth-order valence-corrected chi connectivity index (χ4v) is 3.54. The van der Waals surface area contributed by atoms with Crippen molar-refractivity contribution in [1.29, 1.82) is 0 Å². The molecular formula is C23H20N2O7. The van der Waals surface area contributed by atoms with Gasteiger partial charge in [0, 0.05) is 41.0 Å². The third-order valence-electron chi connectivity index (χ3n) is 5.10. The predicted octanol–water partition coefficient (Wildman–Crippen LogP) is 2.48. The number of carboxylic acids is 1. The van der Waals surface area contributed by atoms with Gasteiger partial charge in [-0.2, -0.15) is 0 Å². The van der Waals surface area contributed by atoms with E-state index in [0.29, 0.717) is 22.3 Å². The largest absolute Gasteiger partial charge is 0.508 e. The number of carboxylic acid groups (broad SMARTS) is 1. The quantitative estimate of drug-likeness (QED) is 0.326. The summed E-state index contributed by atoms with van der Waals surface area (Å²) in [4.78, 5) is 38.6. The highest BCUT2D eigenvalue weighted by molar-refractivity contribution is 5.88. The summed E-state index contributed by atoms with van der Waals surface area (Å²) >= 11 is 0. The van der Waals surface area contributed by atoms with Crippen LogP contribution in [0.1, 0.15) is 11.1 Å². The molecule has 0 aliphatic rings. The lowest BCUT2D eigenvalue weighted by Crippen LogP contribution is -2.44. The second-order valence-electron chi connectivity index (χ2n) is 7.40. The number of benzene rings is 2. The first-order valence-electron chi connectivity index (χ1n) is 9.78. The van der Waals surface area contributed by atoms with Crippen LogP contribution in [0.2, 0.25) is 0 Å². The third-order valence-corrected chi connectivity index (χ3v) is 5.10. The van der Waals surface area contributed by atoms with Crippen LogP contribution in [0.25, 0.3) is 21.9 Å². The number of aromatic nitrogens is 1. The number of phenolic OH excluding ortho intramolecular Hbond substituents is 1. The Morgan fingerprint density at radius 3 is 2.75 bits per heavy atom. The van der Waals surface area contributed by atoms with Crippen molar-refractivity contribution >= 4 is 33.7 Å². The van der Waals surface area contributed by atoms with E-state index >= 15 is 0 Å². The van der Waals surface area contributed by atoms with Gasteiger partial charge in [0.15, 0.2) is 6.61 Å². The van der Waals surface area contributed by atoms with Crippen molar-refractivity contribution in [3.8, 4) is 11.5 Å². The minimum atomic E-state index is -1.20. The van der Waals surface area contributed by atoms with Crippen molar-refractivity contribution < 1.29 is 29.0 Å². The molecular weight excluding hydrogens is 416 g/mol. The van der Waals surface area contributed by atoms with E-state index < -0.39 is 30.2 Å². The Kier molecular flexibility index (Phi) is 5.55. The number of aromatic amines is 1. The van der Waals surface area contributed by atoms with Crippen LogP contribution in [0.4, 0.5) is 0 Å². The summed E-state index contributed by atoms with van der Waals surface area (Å²) in [6, 6.07) is 9.79. The number of fused-ring (bicyclic) bond motifs is 2. The first-order chi connectivity index (χ1) is 15.3. The molecule has 0 aliphatic heterocycles. The van der Waals surface area contributed by atoms with Gasteiger partial charge in [0.2, 0.25) is 0 Å². The topological polar surface area (TPSA) is 142 Å². The van der Waals surface area contributed by atoms with E-state index in [-0.39, 0.29) is 12.2 Å². The number of carbonyl (C=O) groups excluding carboxylic acids is 1. The number of ether oxygens (including phenoxy) is 1. The Morgan fingerprint density at radius 2 is 1.97 bits per heavy atom. The van der Waals surface area contributed by atoms with Crippen LogP contribution in [0.15, 0.2) is 57.9 Å². The summed E-state index contributed by atoms with van der Waals surface area (Å²) < 4.78 is 10.6. The monoisotopic (exact) mass is 436 g/mol. The lowest BCUT2D eigenvalue weighted by Gasteiger charge is -2.15.